The Morgan fingerprint density at radius 3 is 2.47 bits per heavy atom. The van der Waals surface area contributed by atoms with E-state index in [0.29, 0.717) is 0 Å². The summed E-state index contributed by atoms with van der Waals surface area (Å²) in [6.07, 6.45) is 12.1. The first kappa shape index (κ1) is 16.3. The number of nitrogens with one attached hydrogen (secondary N) is 1. The van der Waals surface area contributed by atoms with E-state index < -0.39 is 11.5 Å². The van der Waals surface area contributed by atoms with E-state index in [4.69, 9.17) is 4.78 Å². The highest BCUT2D eigenvalue weighted by Gasteiger charge is 2.00. The molecule has 0 fully saturated rings. The molecule has 17 heavy (non-hydrogen) atoms. The first-order valence-electron chi connectivity index (χ1n) is 5.93. The molecule has 0 aromatic heterocycles. The van der Waals surface area contributed by atoms with Crippen LogP contribution in [0.1, 0.15) is 39.5 Å². The van der Waals surface area contributed by atoms with Crippen LogP contribution in [0.15, 0.2) is 23.9 Å². The predicted molar refractivity (Wildman–Crippen MR) is 70.9 cm³/mol. The fraction of sp³-hybridized carbons (Fsp3) is 0.667. The van der Waals surface area contributed by atoms with Gasteiger partial charge in [0.25, 0.3) is 11.5 Å². The fourth-order valence-corrected chi connectivity index (χ4v) is 1.52. The molecule has 2 nitrogen and oxygen atoms in total. The molecule has 0 spiro atoms. The van der Waals surface area contributed by atoms with E-state index >= 15 is 0 Å². The van der Waals surface area contributed by atoms with Crippen LogP contribution in [-0.2, 0) is 11.5 Å². The maximum absolute atomic E-state index is 10.0. The first-order chi connectivity index (χ1) is 8.06. The molecule has 0 unspecified atom stereocenters. The fourth-order valence-electron chi connectivity index (χ4n) is 1.52. The van der Waals surface area contributed by atoms with Gasteiger partial charge in [0.2, 0.25) is 0 Å². The van der Waals surface area contributed by atoms with Crippen LogP contribution < -0.4 is 0 Å². The summed E-state index contributed by atoms with van der Waals surface area (Å²) < 4.78 is 25.3. The Hall–Kier alpha value is -0.710. The van der Waals surface area contributed by atoms with E-state index in [0.717, 1.165) is 6.54 Å². The molecule has 0 aliphatic carbocycles. The molecule has 1 rings (SSSR count). The summed E-state index contributed by atoms with van der Waals surface area (Å²) in [4.78, 5) is 2.39. The molecule has 0 radical (unpaired) electrons. The molecule has 0 atom stereocenters. The first-order valence-corrected chi connectivity index (χ1v) is 6.95. The Kier molecular flexibility index (Phi) is 10.0. The molecule has 0 saturated carbocycles. The van der Waals surface area contributed by atoms with Gasteiger partial charge in [-0.3, -0.25) is 0 Å². The number of hydrogen-bond acceptors (Lipinski definition) is 2. The van der Waals surface area contributed by atoms with Gasteiger partial charge in [0.05, 0.1) is 0 Å². The molecule has 100 valence electrons. The summed E-state index contributed by atoms with van der Waals surface area (Å²) in [6.45, 7) is 6.74. The Balaban J connectivity index is 0.000000557. The number of unbranched alkanes of at least 4 members (excludes halogenated alkanes) is 3. The standard InChI is InChI=1S/C12H21N.F2HNS/c1-3-4-5-6-9-13-10-7-12(2)8-11-13;1-4(2)3/h7-8,10H,3-6,9,11H2,1-2H3;3H. The van der Waals surface area contributed by atoms with E-state index in [9.17, 15) is 7.77 Å². The van der Waals surface area contributed by atoms with Crippen LogP contribution in [0.4, 0.5) is 7.77 Å². The number of hydrogen-bond donors (Lipinski definition) is 1. The van der Waals surface area contributed by atoms with Crippen LogP contribution in [0.5, 0.6) is 0 Å². The van der Waals surface area contributed by atoms with Crippen molar-refractivity contribution in [1.29, 1.82) is 4.78 Å². The van der Waals surface area contributed by atoms with Gasteiger partial charge in [0.15, 0.2) is 0 Å². The Bertz CT molecular complexity index is 274. The molecule has 0 aromatic carbocycles. The summed E-state index contributed by atoms with van der Waals surface area (Å²) in [6, 6.07) is 0. The quantitative estimate of drug-likeness (QED) is 0.728. The van der Waals surface area contributed by atoms with Gasteiger partial charge in [-0.25, -0.2) is 4.78 Å². The summed E-state index contributed by atoms with van der Waals surface area (Å²) in [5, 5.41) is 0. The largest absolute Gasteiger partial charge is 0.374 e. The van der Waals surface area contributed by atoms with Crippen molar-refractivity contribution in [1.82, 2.24) is 4.90 Å². The minimum atomic E-state index is -3.11. The third kappa shape index (κ3) is 11.6. The van der Waals surface area contributed by atoms with Gasteiger partial charge in [-0.2, -0.15) is 0 Å². The Labute approximate surface area is 106 Å². The summed E-state index contributed by atoms with van der Waals surface area (Å²) in [5.74, 6) is 0. The zero-order valence-electron chi connectivity index (χ0n) is 10.6. The van der Waals surface area contributed by atoms with Crippen molar-refractivity contribution < 1.29 is 7.77 Å². The molecule has 0 aromatic rings. The van der Waals surface area contributed by atoms with E-state index in [2.05, 4.69) is 37.1 Å². The summed E-state index contributed by atoms with van der Waals surface area (Å²) in [7, 11) is 0. The van der Waals surface area contributed by atoms with Crippen molar-refractivity contribution in [3.8, 4) is 0 Å². The maximum atomic E-state index is 10.0. The van der Waals surface area contributed by atoms with E-state index in [1.54, 1.807) is 0 Å². The highest BCUT2D eigenvalue weighted by Crippen LogP contribution is 2.08. The topological polar surface area (TPSA) is 27.1 Å². The van der Waals surface area contributed by atoms with Gasteiger partial charge in [-0.1, -0.05) is 37.8 Å². The molecule has 0 amide bonds. The van der Waals surface area contributed by atoms with E-state index in [1.807, 2.05) is 0 Å². The van der Waals surface area contributed by atoms with Crippen molar-refractivity contribution in [2.75, 3.05) is 13.1 Å². The smallest absolute Gasteiger partial charge is 0.258 e. The highest BCUT2D eigenvalue weighted by molar-refractivity contribution is 7.75. The Morgan fingerprint density at radius 2 is 2.00 bits per heavy atom. The average molecular weight is 264 g/mol. The van der Waals surface area contributed by atoms with Crippen LogP contribution in [0.3, 0.4) is 0 Å². The van der Waals surface area contributed by atoms with Crippen LogP contribution in [0.2, 0.25) is 0 Å². The normalized spacial score (nSPS) is 14.4. The zero-order valence-corrected chi connectivity index (χ0v) is 11.4. The second kappa shape index (κ2) is 10.4. The van der Waals surface area contributed by atoms with Crippen molar-refractivity contribution in [3.05, 3.63) is 23.9 Å². The molecule has 0 saturated heterocycles. The van der Waals surface area contributed by atoms with Gasteiger partial charge in [0.1, 0.15) is 0 Å². The molecule has 1 aliphatic rings. The number of halogens is 2. The van der Waals surface area contributed by atoms with Gasteiger partial charge < -0.3 is 4.90 Å². The second-order valence-electron chi connectivity index (χ2n) is 4.03. The molecule has 5 heteroatoms. The number of nitrogens with zero attached hydrogens (tertiary/aromatic N) is 1. The summed E-state index contributed by atoms with van der Waals surface area (Å²) in [5.41, 5.74) is 1.39. The van der Waals surface area contributed by atoms with Gasteiger partial charge in [-0.05, 0) is 25.6 Å². The Morgan fingerprint density at radius 1 is 1.35 bits per heavy atom. The van der Waals surface area contributed by atoms with Crippen molar-refractivity contribution in [2.24, 2.45) is 0 Å². The number of rotatable bonds is 5. The summed E-state index contributed by atoms with van der Waals surface area (Å²) >= 11 is -3.11. The average Bonchev–Trinajstić information content (AvgIpc) is 2.26. The van der Waals surface area contributed by atoms with Crippen LogP contribution in [0, 0.1) is 4.78 Å². The van der Waals surface area contributed by atoms with Gasteiger partial charge >= 0.3 is 0 Å². The van der Waals surface area contributed by atoms with E-state index in [-0.39, 0.29) is 0 Å². The molecule has 1 heterocycles. The lowest BCUT2D eigenvalue weighted by Gasteiger charge is -2.21. The van der Waals surface area contributed by atoms with Crippen molar-refractivity contribution >= 4 is 11.5 Å². The maximum Gasteiger partial charge on any atom is 0.258 e. The third-order valence-electron chi connectivity index (χ3n) is 2.49. The molecular formula is C12H22F2N2S. The lowest BCUT2D eigenvalue weighted by molar-refractivity contribution is 0.392. The minimum Gasteiger partial charge on any atom is -0.374 e. The highest BCUT2D eigenvalue weighted by atomic mass is 32.2. The minimum absolute atomic E-state index is 1.11. The molecule has 1 N–H and O–H groups in total. The van der Waals surface area contributed by atoms with Gasteiger partial charge in [-0.15, -0.1) is 7.77 Å². The second-order valence-corrected chi connectivity index (χ2v) is 4.46. The van der Waals surface area contributed by atoms with E-state index in [1.165, 1.54) is 37.8 Å². The molecule has 1 aliphatic heterocycles. The molecule has 0 bridgehead atoms. The molecular weight excluding hydrogens is 242 g/mol. The van der Waals surface area contributed by atoms with Crippen LogP contribution >= 0.6 is 0 Å². The van der Waals surface area contributed by atoms with Crippen molar-refractivity contribution in [3.63, 3.8) is 0 Å². The van der Waals surface area contributed by atoms with Crippen LogP contribution in [0.25, 0.3) is 0 Å². The van der Waals surface area contributed by atoms with Crippen molar-refractivity contribution in [2.45, 2.75) is 39.5 Å². The lowest BCUT2D eigenvalue weighted by atomic mass is 10.2. The lowest BCUT2D eigenvalue weighted by Crippen LogP contribution is -2.20. The number of allylic oxidation sites excluding steroid dienone is 2. The third-order valence-corrected chi connectivity index (χ3v) is 2.49. The zero-order chi connectivity index (χ0) is 13.1. The SMILES string of the molecule is CCCCCCN1C=CC(C)=CC1.N=S(F)F. The monoisotopic (exact) mass is 264 g/mol. The van der Waals surface area contributed by atoms with Crippen LogP contribution in [-0.4, -0.2) is 18.0 Å². The van der Waals surface area contributed by atoms with Gasteiger partial charge in [0, 0.05) is 13.1 Å². The predicted octanol–water partition coefficient (Wildman–Crippen LogP) is 4.48.